The molecule has 0 bridgehead atoms. The Kier molecular flexibility index (Phi) is 7.88. The molecule has 4 rings (SSSR count). The third-order valence-electron chi connectivity index (χ3n) is 5.14. The van der Waals surface area contributed by atoms with Gasteiger partial charge in [-0.25, -0.2) is 18.2 Å². The maximum Gasteiger partial charge on any atom is 0.358 e. The van der Waals surface area contributed by atoms with Crippen molar-refractivity contribution in [3.05, 3.63) is 95.8 Å². The van der Waals surface area contributed by atoms with E-state index in [2.05, 4.69) is 14.7 Å². The van der Waals surface area contributed by atoms with E-state index in [4.69, 9.17) is 39.5 Å². The van der Waals surface area contributed by atoms with Crippen LogP contribution in [0.15, 0.2) is 64.3 Å². The Morgan fingerprint density at radius 2 is 1.70 bits per heavy atom. The number of aromatic hydroxyl groups is 1. The van der Waals surface area contributed by atoms with Crippen LogP contribution in [0.25, 0.3) is 11.4 Å². The molecule has 0 spiro atoms. The number of sulfonamides is 1. The lowest BCUT2D eigenvalue weighted by Crippen LogP contribution is -2.17. The van der Waals surface area contributed by atoms with Gasteiger partial charge in [0.15, 0.2) is 11.4 Å². The summed E-state index contributed by atoms with van der Waals surface area (Å²) < 4.78 is 34.3. The minimum absolute atomic E-state index is 0.0179. The molecular formula is C23H13Cl3N4O9S. The van der Waals surface area contributed by atoms with Gasteiger partial charge in [-0.15, -0.1) is 0 Å². The summed E-state index contributed by atoms with van der Waals surface area (Å²) in [5.74, 6) is -3.33. The molecule has 0 amide bonds. The summed E-state index contributed by atoms with van der Waals surface area (Å²) in [7, 11) is -4.41. The second kappa shape index (κ2) is 11.0. The highest BCUT2D eigenvalue weighted by Gasteiger charge is 2.24. The van der Waals surface area contributed by atoms with Crippen LogP contribution >= 0.6 is 34.8 Å². The number of nitro benzene ring substituents is 1. The molecule has 206 valence electrons. The zero-order chi connectivity index (χ0) is 29.4. The van der Waals surface area contributed by atoms with E-state index in [0.717, 1.165) is 24.3 Å². The van der Waals surface area contributed by atoms with Gasteiger partial charge in [0, 0.05) is 17.7 Å². The van der Waals surface area contributed by atoms with Crippen molar-refractivity contribution < 1.29 is 33.1 Å². The number of carbonyl (C=O) groups is 1. The Bertz CT molecular complexity index is 1840. The van der Waals surface area contributed by atoms with Crippen molar-refractivity contribution in [1.29, 1.82) is 0 Å². The maximum atomic E-state index is 13.2. The fourth-order valence-electron chi connectivity index (χ4n) is 3.31. The molecule has 0 fully saturated rings. The summed E-state index contributed by atoms with van der Waals surface area (Å²) in [5.41, 5.74) is -2.50. The third kappa shape index (κ3) is 5.79. The number of non-ortho nitro benzene ring substituents is 1. The zero-order valence-electron chi connectivity index (χ0n) is 19.4. The molecule has 0 aliphatic heterocycles. The van der Waals surface area contributed by atoms with Gasteiger partial charge in [-0.3, -0.25) is 19.6 Å². The predicted molar refractivity (Wildman–Crippen MR) is 144 cm³/mol. The van der Waals surface area contributed by atoms with E-state index in [-0.39, 0.29) is 49.3 Å². The molecule has 0 radical (unpaired) electrons. The molecule has 0 aliphatic carbocycles. The first-order valence-corrected chi connectivity index (χ1v) is 13.2. The van der Waals surface area contributed by atoms with Crippen molar-refractivity contribution in [3.63, 3.8) is 0 Å². The lowest BCUT2D eigenvalue weighted by molar-refractivity contribution is -0.384. The van der Waals surface area contributed by atoms with Gasteiger partial charge >= 0.3 is 5.97 Å². The number of aromatic carboxylic acids is 1. The second-order valence-corrected chi connectivity index (χ2v) is 10.7. The molecular weight excluding hydrogens is 615 g/mol. The number of halogens is 3. The molecule has 0 saturated heterocycles. The Morgan fingerprint density at radius 1 is 1.05 bits per heavy atom. The molecule has 3 aromatic carbocycles. The van der Waals surface area contributed by atoms with Crippen molar-refractivity contribution in [2.24, 2.45) is 0 Å². The normalized spacial score (nSPS) is 11.2. The fourth-order valence-corrected chi connectivity index (χ4v) is 5.35. The average molecular weight is 628 g/mol. The Hall–Kier alpha value is -4.37. The van der Waals surface area contributed by atoms with E-state index in [0.29, 0.717) is 0 Å². The number of anilines is 1. The monoisotopic (exact) mass is 626 g/mol. The maximum absolute atomic E-state index is 13.2. The van der Waals surface area contributed by atoms with Gasteiger partial charge in [0.05, 0.1) is 30.6 Å². The van der Waals surface area contributed by atoms with Gasteiger partial charge in [-0.2, -0.15) is 0 Å². The highest BCUT2D eigenvalue weighted by atomic mass is 35.5. The zero-order valence-corrected chi connectivity index (χ0v) is 22.5. The Morgan fingerprint density at radius 3 is 2.30 bits per heavy atom. The van der Waals surface area contributed by atoms with Crippen LogP contribution in [0.5, 0.6) is 17.2 Å². The SMILES string of the molecule is O=C(O)c1nc(-c2ccccc2NS(=O)(=O)c2cc(Cl)c(Oc3ccc([N+](=O)[O-])cc3Cl)c(Cl)c2)[nH]c(=O)c1O. The largest absolute Gasteiger partial charge is 0.501 e. The number of para-hydroxylation sites is 1. The van der Waals surface area contributed by atoms with Crippen LogP contribution in [-0.2, 0) is 10.0 Å². The van der Waals surface area contributed by atoms with Crippen LogP contribution in [0, 0.1) is 10.1 Å². The lowest BCUT2D eigenvalue weighted by Gasteiger charge is -2.15. The summed E-state index contributed by atoms with van der Waals surface area (Å²) in [4.78, 5) is 39.2. The standard InChI is InChI=1S/C23H13Cl3N4O9S/c24-13-7-10(30(35)36)5-6-17(13)39-20-14(25)8-11(9-15(20)26)40(37,38)29-16-4-2-1-3-12(16)21-27-18(23(33)34)19(31)22(32)28-21/h1-9,29,31H,(H,33,34)(H,27,28,32). The first-order valence-electron chi connectivity index (χ1n) is 10.6. The van der Waals surface area contributed by atoms with E-state index in [1.807, 2.05) is 0 Å². The van der Waals surface area contributed by atoms with E-state index < -0.39 is 42.8 Å². The number of carboxylic acids is 1. The van der Waals surface area contributed by atoms with E-state index in [1.54, 1.807) is 0 Å². The number of hydrogen-bond acceptors (Lipinski definition) is 9. The van der Waals surface area contributed by atoms with Crippen LogP contribution in [0.2, 0.25) is 15.1 Å². The molecule has 0 unspecified atom stereocenters. The summed E-state index contributed by atoms with van der Waals surface area (Å²) in [6.45, 7) is 0. The lowest BCUT2D eigenvalue weighted by atomic mass is 10.1. The second-order valence-electron chi connectivity index (χ2n) is 7.76. The smallest absolute Gasteiger partial charge is 0.358 e. The number of hydrogen-bond donors (Lipinski definition) is 4. The Labute approximate surface area is 238 Å². The van der Waals surface area contributed by atoms with Crippen molar-refractivity contribution in [1.82, 2.24) is 9.97 Å². The Balaban J connectivity index is 1.69. The highest BCUT2D eigenvalue weighted by molar-refractivity contribution is 7.92. The van der Waals surface area contributed by atoms with Gasteiger partial charge in [0.2, 0.25) is 5.75 Å². The number of nitrogens with zero attached hydrogens (tertiary/aromatic N) is 2. The van der Waals surface area contributed by atoms with Gasteiger partial charge in [0.25, 0.3) is 21.3 Å². The van der Waals surface area contributed by atoms with Crippen molar-refractivity contribution >= 4 is 62.2 Å². The first-order chi connectivity index (χ1) is 18.8. The van der Waals surface area contributed by atoms with E-state index in [9.17, 15) is 38.3 Å². The van der Waals surface area contributed by atoms with E-state index >= 15 is 0 Å². The molecule has 13 nitrogen and oxygen atoms in total. The number of carboxylic acid groups (broad SMARTS) is 1. The minimum Gasteiger partial charge on any atom is -0.501 e. The van der Waals surface area contributed by atoms with Crippen molar-refractivity contribution in [2.45, 2.75) is 4.90 Å². The quantitative estimate of drug-likeness (QED) is 0.147. The summed E-state index contributed by atoms with van der Waals surface area (Å²) >= 11 is 18.5. The molecule has 1 aromatic heterocycles. The van der Waals surface area contributed by atoms with Gasteiger partial charge in [-0.05, 0) is 30.3 Å². The number of ether oxygens (including phenoxy) is 1. The summed E-state index contributed by atoms with van der Waals surface area (Å²) in [5, 5.41) is 29.2. The number of nitro groups is 1. The number of rotatable bonds is 8. The van der Waals surface area contributed by atoms with E-state index in [1.165, 1.54) is 30.3 Å². The number of aromatic amines is 1. The summed E-state index contributed by atoms with van der Waals surface area (Å²) in [6, 6.07) is 11.1. The molecule has 0 aliphatic rings. The molecule has 1 heterocycles. The van der Waals surface area contributed by atoms with Crippen molar-refractivity contribution in [2.75, 3.05) is 4.72 Å². The fraction of sp³-hybridized carbons (Fsp3) is 0. The van der Waals surface area contributed by atoms with Gasteiger partial charge < -0.3 is 19.9 Å². The minimum atomic E-state index is -4.41. The van der Waals surface area contributed by atoms with Crippen LogP contribution in [0.4, 0.5) is 11.4 Å². The van der Waals surface area contributed by atoms with Crippen LogP contribution in [-0.4, -0.2) is 39.5 Å². The van der Waals surface area contributed by atoms with Crippen molar-refractivity contribution in [3.8, 4) is 28.6 Å². The number of benzene rings is 3. The topological polar surface area (TPSA) is 202 Å². The van der Waals surface area contributed by atoms with Crippen LogP contribution in [0.3, 0.4) is 0 Å². The number of H-pyrrole nitrogens is 1. The number of nitrogens with one attached hydrogen (secondary N) is 2. The van der Waals surface area contributed by atoms with Crippen LogP contribution < -0.4 is 15.0 Å². The molecule has 0 saturated carbocycles. The first kappa shape index (κ1) is 28.6. The molecule has 4 aromatic rings. The summed E-state index contributed by atoms with van der Waals surface area (Å²) in [6.07, 6.45) is 0. The number of aromatic nitrogens is 2. The van der Waals surface area contributed by atoms with Gasteiger partial charge in [0.1, 0.15) is 11.6 Å². The molecule has 40 heavy (non-hydrogen) atoms. The van der Waals surface area contributed by atoms with Crippen LogP contribution in [0.1, 0.15) is 10.5 Å². The van der Waals surface area contributed by atoms with Gasteiger partial charge in [-0.1, -0.05) is 46.9 Å². The molecule has 0 atom stereocenters. The third-order valence-corrected chi connectivity index (χ3v) is 7.35. The molecule has 17 heteroatoms. The average Bonchev–Trinajstić information content (AvgIpc) is 2.88. The highest BCUT2D eigenvalue weighted by Crippen LogP contribution is 2.41. The molecule has 4 N–H and O–H groups in total. The predicted octanol–water partition coefficient (Wildman–Crippen LogP) is 5.30.